The van der Waals surface area contributed by atoms with Crippen molar-refractivity contribution in [3.63, 3.8) is 0 Å². The van der Waals surface area contributed by atoms with E-state index in [9.17, 15) is 4.39 Å². The van der Waals surface area contributed by atoms with Crippen LogP contribution >= 0.6 is 11.8 Å². The number of ether oxygens (including phenoxy) is 2. The molecular weight excluding hydrogens is 289 g/mol. The number of methoxy groups -OCH3 is 1. The van der Waals surface area contributed by atoms with Gasteiger partial charge in [0.25, 0.3) is 0 Å². The van der Waals surface area contributed by atoms with Gasteiger partial charge in [-0.2, -0.15) is 0 Å². The molecule has 0 unspecified atom stereocenters. The Kier molecular flexibility index (Phi) is 5.33. The first-order valence-electron chi connectivity index (χ1n) is 6.68. The van der Waals surface area contributed by atoms with Gasteiger partial charge in [-0.1, -0.05) is 30.8 Å². The SMILES string of the molecule is CCCOc1cc(Sc2ccccc2OC)c(N)cc1F. The molecule has 0 fully saturated rings. The molecule has 3 nitrogen and oxygen atoms in total. The van der Waals surface area contributed by atoms with E-state index in [4.69, 9.17) is 15.2 Å². The zero-order valence-corrected chi connectivity index (χ0v) is 12.9. The van der Waals surface area contributed by atoms with Crippen molar-refractivity contribution < 1.29 is 13.9 Å². The third-order valence-corrected chi connectivity index (χ3v) is 3.95. The largest absolute Gasteiger partial charge is 0.496 e. The summed E-state index contributed by atoms with van der Waals surface area (Å²) in [5.41, 5.74) is 6.28. The molecule has 0 saturated heterocycles. The van der Waals surface area contributed by atoms with Crippen LogP contribution in [0.4, 0.5) is 10.1 Å². The van der Waals surface area contributed by atoms with E-state index in [0.717, 1.165) is 22.0 Å². The molecule has 0 atom stereocenters. The number of rotatable bonds is 6. The zero-order valence-electron chi connectivity index (χ0n) is 12.1. The van der Waals surface area contributed by atoms with Gasteiger partial charge in [-0.3, -0.25) is 0 Å². The van der Waals surface area contributed by atoms with E-state index in [-0.39, 0.29) is 5.75 Å². The highest BCUT2D eigenvalue weighted by Crippen LogP contribution is 2.39. The summed E-state index contributed by atoms with van der Waals surface area (Å²) < 4.78 is 24.5. The van der Waals surface area contributed by atoms with Gasteiger partial charge in [0, 0.05) is 16.6 Å². The Balaban J connectivity index is 2.30. The molecule has 2 aromatic rings. The maximum atomic E-state index is 13.8. The van der Waals surface area contributed by atoms with E-state index >= 15 is 0 Å². The molecule has 0 spiro atoms. The lowest BCUT2D eigenvalue weighted by Crippen LogP contribution is -1.99. The maximum absolute atomic E-state index is 13.8. The van der Waals surface area contributed by atoms with Crippen LogP contribution in [0.3, 0.4) is 0 Å². The molecule has 0 bridgehead atoms. The highest BCUT2D eigenvalue weighted by Gasteiger charge is 2.12. The van der Waals surface area contributed by atoms with Gasteiger partial charge in [-0.25, -0.2) is 4.39 Å². The van der Waals surface area contributed by atoms with Gasteiger partial charge in [0.1, 0.15) is 5.75 Å². The molecule has 0 saturated carbocycles. The molecule has 0 aliphatic carbocycles. The van der Waals surface area contributed by atoms with Gasteiger partial charge < -0.3 is 15.2 Å². The molecule has 112 valence electrons. The second-order valence-corrected chi connectivity index (χ2v) is 5.51. The van der Waals surface area contributed by atoms with E-state index in [1.807, 2.05) is 31.2 Å². The first-order chi connectivity index (χ1) is 10.2. The van der Waals surface area contributed by atoms with Crippen molar-refractivity contribution in [2.24, 2.45) is 0 Å². The fourth-order valence-corrected chi connectivity index (χ4v) is 2.76. The third kappa shape index (κ3) is 3.82. The lowest BCUT2D eigenvalue weighted by molar-refractivity contribution is 0.300. The normalized spacial score (nSPS) is 10.4. The van der Waals surface area contributed by atoms with Crippen LogP contribution in [0.2, 0.25) is 0 Å². The summed E-state index contributed by atoms with van der Waals surface area (Å²) in [6.07, 6.45) is 0.818. The highest BCUT2D eigenvalue weighted by atomic mass is 32.2. The Bertz CT molecular complexity index is 619. The molecule has 5 heteroatoms. The maximum Gasteiger partial charge on any atom is 0.167 e. The molecule has 0 aromatic heterocycles. The number of anilines is 1. The van der Waals surface area contributed by atoms with E-state index < -0.39 is 5.82 Å². The summed E-state index contributed by atoms with van der Waals surface area (Å²) in [6, 6.07) is 10.5. The monoisotopic (exact) mass is 307 g/mol. The van der Waals surface area contributed by atoms with Crippen LogP contribution in [0, 0.1) is 5.82 Å². The Hall–Kier alpha value is -1.88. The molecule has 0 radical (unpaired) electrons. The first-order valence-corrected chi connectivity index (χ1v) is 7.50. The molecule has 0 amide bonds. The van der Waals surface area contributed by atoms with Crippen molar-refractivity contribution >= 4 is 17.4 Å². The van der Waals surface area contributed by atoms with Gasteiger partial charge in [0.2, 0.25) is 0 Å². The van der Waals surface area contributed by atoms with E-state index in [1.165, 1.54) is 17.8 Å². The smallest absolute Gasteiger partial charge is 0.167 e. The minimum absolute atomic E-state index is 0.225. The number of hydrogen-bond acceptors (Lipinski definition) is 4. The Morgan fingerprint density at radius 3 is 2.62 bits per heavy atom. The van der Waals surface area contributed by atoms with Gasteiger partial charge in [-0.15, -0.1) is 0 Å². The van der Waals surface area contributed by atoms with E-state index in [1.54, 1.807) is 13.2 Å². The zero-order chi connectivity index (χ0) is 15.2. The van der Waals surface area contributed by atoms with Crippen molar-refractivity contribution in [2.75, 3.05) is 19.5 Å². The van der Waals surface area contributed by atoms with Crippen LogP contribution in [0.15, 0.2) is 46.2 Å². The number of hydrogen-bond donors (Lipinski definition) is 1. The lowest BCUT2D eigenvalue weighted by atomic mass is 10.3. The van der Waals surface area contributed by atoms with Crippen molar-refractivity contribution in [2.45, 2.75) is 23.1 Å². The van der Waals surface area contributed by atoms with E-state index in [0.29, 0.717) is 12.3 Å². The minimum Gasteiger partial charge on any atom is -0.496 e. The fraction of sp³-hybridized carbons (Fsp3) is 0.250. The molecule has 0 aliphatic heterocycles. The highest BCUT2D eigenvalue weighted by molar-refractivity contribution is 7.99. The Morgan fingerprint density at radius 2 is 1.90 bits per heavy atom. The average molecular weight is 307 g/mol. The summed E-state index contributed by atoms with van der Waals surface area (Å²) in [6.45, 7) is 2.44. The van der Waals surface area contributed by atoms with Crippen LogP contribution in [0.5, 0.6) is 11.5 Å². The molecule has 2 rings (SSSR count). The van der Waals surface area contributed by atoms with Crippen molar-refractivity contribution in [3.8, 4) is 11.5 Å². The first kappa shape index (κ1) is 15.5. The van der Waals surface area contributed by atoms with Gasteiger partial charge in [-0.05, 0) is 24.6 Å². The second kappa shape index (κ2) is 7.22. The lowest BCUT2D eigenvalue weighted by Gasteiger charge is -2.12. The Labute approximate surface area is 128 Å². The van der Waals surface area contributed by atoms with Crippen molar-refractivity contribution in [1.82, 2.24) is 0 Å². The van der Waals surface area contributed by atoms with Crippen molar-refractivity contribution in [1.29, 1.82) is 0 Å². The van der Waals surface area contributed by atoms with Crippen molar-refractivity contribution in [3.05, 3.63) is 42.2 Å². The second-order valence-electron chi connectivity index (χ2n) is 4.42. The number of nitrogens with two attached hydrogens (primary N) is 1. The summed E-state index contributed by atoms with van der Waals surface area (Å²) in [5, 5.41) is 0. The molecule has 21 heavy (non-hydrogen) atoms. The van der Waals surface area contributed by atoms with Gasteiger partial charge in [0.05, 0.1) is 18.6 Å². The molecule has 0 aliphatic rings. The number of halogens is 1. The van der Waals surface area contributed by atoms with Crippen LogP contribution in [-0.4, -0.2) is 13.7 Å². The average Bonchev–Trinajstić information content (AvgIpc) is 2.49. The predicted octanol–water partition coefficient (Wildman–Crippen LogP) is 4.36. The summed E-state index contributed by atoms with van der Waals surface area (Å²) in [7, 11) is 1.61. The number of para-hydroxylation sites is 1. The standard InChI is InChI=1S/C16H18FNO2S/c1-3-8-20-14-10-16(12(18)9-11(14)17)21-15-7-5-4-6-13(15)19-2/h4-7,9-10H,3,8,18H2,1-2H3. The number of nitrogen functional groups attached to an aromatic ring is 1. The van der Waals surface area contributed by atoms with Crippen LogP contribution in [0.1, 0.15) is 13.3 Å². The minimum atomic E-state index is -0.440. The molecule has 0 heterocycles. The quantitative estimate of drug-likeness (QED) is 0.806. The molecule has 2 aromatic carbocycles. The summed E-state index contributed by atoms with van der Waals surface area (Å²) in [5.74, 6) is 0.538. The summed E-state index contributed by atoms with van der Waals surface area (Å²) >= 11 is 1.43. The Morgan fingerprint density at radius 1 is 1.14 bits per heavy atom. The topological polar surface area (TPSA) is 44.5 Å². The van der Waals surface area contributed by atoms with Crippen LogP contribution in [0.25, 0.3) is 0 Å². The molecule has 2 N–H and O–H groups in total. The number of benzene rings is 2. The predicted molar refractivity (Wildman–Crippen MR) is 83.7 cm³/mol. The third-order valence-electron chi connectivity index (χ3n) is 2.81. The van der Waals surface area contributed by atoms with Gasteiger partial charge in [0.15, 0.2) is 11.6 Å². The van der Waals surface area contributed by atoms with Gasteiger partial charge >= 0.3 is 0 Å². The van der Waals surface area contributed by atoms with Crippen LogP contribution in [-0.2, 0) is 0 Å². The fourth-order valence-electron chi connectivity index (χ4n) is 1.78. The summed E-state index contributed by atoms with van der Waals surface area (Å²) in [4.78, 5) is 1.66. The van der Waals surface area contributed by atoms with E-state index in [2.05, 4.69) is 0 Å². The molecular formula is C16H18FNO2S. The van der Waals surface area contributed by atoms with Crippen LogP contribution < -0.4 is 15.2 Å².